The smallest absolute Gasteiger partial charge is 0.234 e. The minimum absolute atomic E-state index is 0.140. The number of nitrogens with two attached hydrogens (primary N) is 1. The van der Waals surface area contributed by atoms with E-state index in [0.29, 0.717) is 29.0 Å². The number of benzene rings is 2. The number of hydrogen-bond acceptors (Lipinski definition) is 7. The van der Waals surface area contributed by atoms with Gasteiger partial charge in [-0.15, -0.1) is 21.5 Å². The minimum atomic E-state index is -0.408. The molecule has 0 saturated carbocycles. The first kappa shape index (κ1) is 23.5. The number of nitrogens with one attached hydrogen (secondary N) is 1. The fourth-order valence-corrected chi connectivity index (χ4v) is 4.64. The predicted octanol–water partition coefficient (Wildman–Crippen LogP) is 4.71. The van der Waals surface area contributed by atoms with Crippen LogP contribution >= 0.6 is 23.1 Å². The molecule has 0 spiro atoms. The van der Waals surface area contributed by atoms with Crippen LogP contribution < -0.4 is 15.8 Å². The van der Waals surface area contributed by atoms with Crippen LogP contribution in [0.3, 0.4) is 0 Å². The van der Waals surface area contributed by atoms with Crippen molar-refractivity contribution in [3.63, 3.8) is 0 Å². The van der Waals surface area contributed by atoms with Gasteiger partial charge in [0.05, 0.1) is 10.6 Å². The third-order valence-corrected chi connectivity index (χ3v) is 6.57. The first-order chi connectivity index (χ1) is 16.5. The van der Waals surface area contributed by atoms with Crippen molar-refractivity contribution in [1.82, 2.24) is 14.8 Å². The SMILES string of the molecule is Cc1cccc(Oc2ccc(NC(=O)CSc3nnc(-c4cccs4)n3CCC(N)=O)cc2)c1. The Labute approximate surface area is 205 Å². The van der Waals surface area contributed by atoms with E-state index in [1.54, 1.807) is 24.3 Å². The summed E-state index contributed by atoms with van der Waals surface area (Å²) < 4.78 is 7.67. The Hall–Kier alpha value is -3.63. The number of nitrogens with zero attached hydrogens (tertiary/aromatic N) is 3. The van der Waals surface area contributed by atoms with Crippen LogP contribution in [0, 0.1) is 6.92 Å². The Balaban J connectivity index is 1.36. The van der Waals surface area contributed by atoms with Crippen molar-refractivity contribution in [3.8, 4) is 22.2 Å². The van der Waals surface area contributed by atoms with Crippen LogP contribution in [0.1, 0.15) is 12.0 Å². The highest BCUT2D eigenvalue weighted by molar-refractivity contribution is 7.99. The first-order valence-corrected chi connectivity index (χ1v) is 12.4. The fraction of sp³-hybridized carbons (Fsp3) is 0.167. The van der Waals surface area contributed by atoms with Gasteiger partial charge in [-0.25, -0.2) is 0 Å². The van der Waals surface area contributed by atoms with Gasteiger partial charge in [0, 0.05) is 18.7 Å². The average Bonchev–Trinajstić information content (AvgIpc) is 3.47. The number of anilines is 1. The number of thiophene rings is 1. The van der Waals surface area contributed by atoms with Crippen LogP contribution in [0.15, 0.2) is 71.2 Å². The van der Waals surface area contributed by atoms with E-state index >= 15 is 0 Å². The molecular formula is C24H23N5O3S2. The van der Waals surface area contributed by atoms with Gasteiger partial charge >= 0.3 is 0 Å². The van der Waals surface area contributed by atoms with Gasteiger partial charge in [-0.3, -0.25) is 9.59 Å². The van der Waals surface area contributed by atoms with E-state index in [-0.39, 0.29) is 18.1 Å². The summed E-state index contributed by atoms with van der Waals surface area (Å²) in [4.78, 5) is 24.8. The van der Waals surface area contributed by atoms with Gasteiger partial charge in [0.2, 0.25) is 11.8 Å². The van der Waals surface area contributed by atoms with Crippen LogP contribution in [-0.4, -0.2) is 32.3 Å². The molecular weight excluding hydrogens is 470 g/mol. The molecule has 4 rings (SSSR count). The van der Waals surface area contributed by atoms with Crippen LogP contribution in [0.4, 0.5) is 5.69 Å². The number of thioether (sulfide) groups is 1. The zero-order valence-electron chi connectivity index (χ0n) is 18.4. The summed E-state index contributed by atoms with van der Waals surface area (Å²) in [5.41, 5.74) is 7.11. The molecule has 0 saturated heterocycles. The zero-order chi connectivity index (χ0) is 23.9. The molecule has 34 heavy (non-hydrogen) atoms. The summed E-state index contributed by atoms with van der Waals surface area (Å²) in [7, 11) is 0. The third-order valence-electron chi connectivity index (χ3n) is 4.74. The quantitative estimate of drug-likeness (QED) is 0.309. The Morgan fingerprint density at radius 3 is 2.62 bits per heavy atom. The van der Waals surface area contributed by atoms with Crippen molar-refractivity contribution < 1.29 is 14.3 Å². The number of primary amides is 1. The minimum Gasteiger partial charge on any atom is -0.457 e. The molecule has 3 N–H and O–H groups in total. The average molecular weight is 494 g/mol. The van der Waals surface area contributed by atoms with E-state index < -0.39 is 5.91 Å². The molecule has 4 aromatic rings. The predicted molar refractivity (Wildman–Crippen MR) is 134 cm³/mol. The lowest BCUT2D eigenvalue weighted by molar-refractivity contribution is -0.118. The van der Waals surface area contributed by atoms with Crippen molar-refractivity contribution >= 4 is 40.6 Å². The molecule has 10 heteroatoms. The van der Waals surface area contributed by atoms with Crippen LogP contribution in [-0.2, 0) is 16.1 Å². The molecule has 174 valence electrons. The van der Waals surface area contributed by atoms with Gasteiger partial charge in [0.15, 0.2) is 11.0 Å². The highest BCUT2D eigenvalue weighted by Crippen LogP contribution is 2.28. The lowest BCUT2D eigenvalue weighted by Crippen LogP contribution is -2.16. The second-order valence-electron chi connectivity index (χ2n) is 7.43. The number of rotatable bonds is 10. The number of hydrogen-bond donors (Lipinski definition) is 2. The molecule has 2 aromatic heterocycles. The highest BCUT2D eigenvalue weighted by atomic mass is 32.2. The standard InChI is InChI=1S/C24H23N5O3S2/c1-16-4-2-5-19(14-16)32-18-9-7-17(8-10-18)26-22(31)15-34-24-28-27-23(20-6-3-13-33-20)29(24)12-11-21(25)30/h2-10,13-14H,11-12,15H2,1H3,(H2,25,30)(H,26,31). The molecule has 0 aliphatic carbocycles. The number of aryl methyl sites for hydroxylation is 1. The number of ether oxygens (including phenoxy) is 1. The number of aromatic nitrogens is 3. The van der Waals surface area contributed by atoms with Crippen molar-refractivity contribution in [2.24, 2.45) is 5.73 Å². The summed E-state index contributed by atoms with van der Waals surface area (Å²) in [5, 5.41) is 13.8. The van der Waals surface area contributed by atoms with Gasteiger partial charge in [-0.1, -0.05) is 30.0 Å². The molecule has 0 aliphatic heterocycles. The Kier molecular flexibility index (Phi) is 7.61. The fourth-order valence-electron chi connectivity index (χ4n) is 3.16. The first-order valence-electron chi connectivity index (χ1n) is 10.5. The Morgan fingerprint density at radius 2 is 1.91 bits per heavy atom. The molecule has 8 nitrogen and oxygen atoms in total. The normalized spacial score (nSPS) is 10.7. The molecule has 0 unspecified atom stereocenters. The Morgan fingerprint density at radius 1 is 1.09 bits per heavy atom. The summed E-state index contributed by atoms with van der Waals surface area (Å²) in [6, 6.07) is 18.8. The van der Waals surface area contributed by atoms with Crippen molar-refractivity contribution in [3.05, 3.63) is 71.6 Å². The third kappa shape index (κ3) is 6.24. The van der Waals surface area contributed by atoms with Gasteiger partial charge < -0.3 is 20.4 Å². The van der Waals surface area contributed by atoms with Crippen molar-refractivity contribution in [1.29, 1.82) is 0 Å². The van der Waals surface area contributed by atoms with Crippen molar-refractivity contribution in [2.45, 2.75) is 25.0 Å². The maximum absolute atomic E-state index is 12.5. The maximum Gasteiger partial charge on any atom is 0.234 e. The van der Waals surface area contributed by atoms with Crippen LogP contribution in [0.25, 0.3) is 10.7 Å². The maximum atomic E-state index is 12.5. The van der Waals surface area contributed by atoms with E-state index in [2.05, 4.69) is 15.5 Å². The van der Waals surface area contributed by atoms with Crippen LogP contribution in [0.5, 0.6) is 11.5 Å². The molecule has 2 aromatic carbocycles. The molecule has 0 radical (unpaired) electrons. The number of carbonyl (C=O) groups is 2. The van der Waals surface area contributed by atoms with E-state index in [4.69, 9.17) is 10.5 Å². The monoisotopic (exact) mass is 493 g/mol. The second-order valence-corrected chi connectivity index (χ2v) is 9.32. The molecule has 0 atom stereocenters. The molecule has 0 aliphatic rings. The molecule has 2 amide bonds. The zero-order valence-corrected chi connectivity index (χ0v) is 20.1. The van der Waals surface area contributed by atoms with E-state index in [1.165, 1.54) is 23.1 Å². The van der Waals surface area contributed by atoms with Gasteiger partial charge in [-0.2, -0.15) is 0 Å². The highest BCUT2D eigenvalue weighted by Gasteiger charge is 2.17. The summed E-state index contributed by atoms with van der Waals surface area (Å²) >= 11 is 2.78. The number of amides is 2. The summed E-state index contributed by atoms with van der Waals surface area (Å²) in [6.07, 6.45) is 0.160. The van der Waals surface area contributed by atoms with Crippen molar-refractivity contribution in [2.75, 3.05) is 11.1 Å². The summed E-state index contributed by atoms with van der Waals surface area (Å²) in [6.45, 7) is 2.36. The van der Waals surface area contributed by atoms with Crippen LogP contribution in [0.2, 0.25) is 0 Å². The molecule has 0 fully saturated rings. The topological polar surface area (TPSA) is 112 Å². The van der Waals surface area contributed by atoms with Gasteiger partial charge in [-0.05, 0) is 60.3 Å². The van der Waals surface area contributed by atoms with E-state index in [0.717, 1.165) is 16.2 Å². The molecule has 0 bridgehead atoms. The Bertz CT molecular complexity index is 1270. The second kappa shape index (κ2) is 11.0. The summed E-state index contributed by atoms with van der Waals surface area (Å²) in [5.74, 6) is 1.65. The lowest BCUT2D eigenvalue weighted by Gasteiger charge is -2.09. The van der Waals surface area contributed by atoms with Gasteiger partial charge in [0.1, 0.15) is 11.5 Å². The lowest BCUT2D eigenvalue weighted by atomic mass is 10.2. The molecule has 2 heterocycles. The van der Waals surface area contributed by atoms with E-state index in [1.807, 2.05) is 53.3 Å². The van der Waals surface area contributed by atoms with E-state index in [9.17, 15) is 9.59 Å². The largest absolute Gasteiger partial charge is 0.457 e. The van der Waals surface area contributed by atoms with Gasteiger partial charge in [0.25, 0.3) is 0 Å². The number of carbonyl (C=O) groups excluding carboxylic acids is 2.